The van der Waals surface area contributed by atoms with E-state index in [4.69, 9.17) is 11.6 Å². The van der Waals surface area contributed by atoms with Gasteiger partial charge in [-0.2, -0.15) is 0 Å². The molecule has 3 heteroatoms. The van der Waals surface area contributed by atoms with Crippen LogP contribution in [0.15, 0.2) is 29.2 Å². The minimum absolute atomic E-state index is 0.124. The number of hydrogen-bond donors (Lipinski definition) is 0. The maximum absolute atomic E-state index is 11.6. The summed E-state index contributed by atoms with van der Waals surface area (Å²) < 4.78 is 0. The molecule has 1 aromatic carbocycles. The van der Waals surface area contributed by atoms with Crippen molar-refractivity contribution in [3.8, 4) is 0 Å². The van der Waals surface area contributed by atoms with Gasteiger partial charge in [0.25, 0.3) is 0 Å². The van der Waals surface area contributed by atoms with Crippen molar-refractivity contribution in [1.82, 2.24) is 0 Å². The molecule has 0 heterocycles. The van der Waals surface area contributed by atoms with Gasteiger partial charge in [0.05, 0.1) is 0 Å². The fourth-order valence-corrected chi connectivity index (χ4v) is 2.70. The first kappa shape index (κ1) is 14.6. The van der Waals surface area contributed by atoms with Gasteiger partial charge in [0.2, 0.25) is 0 Å². The summed E-state index contributed by atoms with van der Waals surface area (Å²) in [5.41, 5.74) is 0.763. The van der Waals surface area contributed by atoms with E-state index in [2.05, 4.69) is 13.8 Å². The van der Waals surface area contributed by atoms with Gasteiger partial charge >= 0.3 is 0 Å². The molecule has 0 unspecified atom stereocenters. The van der Waals surface area contributed by atoms with Gasteiger partial charge in [-0.05, 0) is 30.2 Å². The summed E-state index contributed by atoms with van der Waals surface area (Å²) in [5.74, 6) is 2.39. The Bertz CT molecular complexity index is 346. The van der Waals surface area contributed by atoms with Crippen molar-refractivity contribution in [1.29, 1.82) is 0 Å². The molecule has 0 aliphatic rings. The van der Waals surface area contributed by atoms with Gasteiger partial charge in [-0.3, -0.25) is 4.79 Å². The maximum Gasteiger partial charge on any atom is 0.164 e. The van der Waals surface area contributed by atoms with E-state index in [1.165, 1.54) is 11.3 Å². The van der Waals surface area contributed by atoms with E-state index in [1.54, 1.807) is 0 Å². The monoisotopic (exact) mass is 270 g/mol. The van der Waals surface area contributed by atoms with E-state index in [9.17, 15) is 4.79 Å². The zero-order valence-corrected chi connectivity index (χ0v) is 12.0. The zero-order chi connectivity index (χ0) is 12.7. The zero-order valence-electron chi connectivity index (χ0n) is 10.4. The van der Waals surface area contributed by atoms with Crippen LogP contribution in [0.2, 0.25) is 0 Å². The van der Waals surface area contributed by atoms with Crippen LogP contribution < -0.4 is 0 Å². The molecule has 0 atom stereocenters. The first-order valence-corrected chi connectivity index (χ1v) is 7.47. The molecule has 0 aromatic heterocycles. The van der Waals surface area contributed by atoms with E-state index in [-0.39, 0.29) is 5.78 Å². The molecule has 1 aromatic rings. The van der Waals surface area contributed by atoms with E-state index in [0.717, 1.165) is 17.2 Å². The number of benzene rings is 1. The van der Waals surface area contributed by atoms with Crippen molar-refractivity contribution in [2.45, 2.75) is 31.6 Å². The predicted octanol–water partition coefficient (Wildman–Crippen LogP) is 4.64. The lowest BCUT2D eigenvalue weighted by Crippen LogP contribution is -1.99. The van der Waals surface area contributed by atoms with Gasteiger partial charge < -0.3 is 0 Å². The van der Waals surface area contributed by atoms with Crippen molar-refractivity contribution in [2.75, 3.05) is 11.6 Å². The molecule has 0 saturated heterocycles. The Morgan fingerprint density at radius 3 is 2.47 bits per heavy atom. The molecule has 0 aliphatic carbocycles. The highest BCUT2D eigenvalue weighted by atomic mass is 35.5. The topological polar surface area (TPSA) is 17.1 Å². The molecule has 0 aliphatic heterocycles. The average molecular weight is 271 g/mol. The molecule has 0 saturated carbocycles. The molecule has 94 valence electrons. The number of carbonyl (C=O) groups is 1. The quantitative estimate of drug-likeness (QED) is 0.408. The van der Waals surface area contributed by atoms with Crippen LogP contribution in [0.25, 0.3) is 0 Å². The van der Waals surface area contributed by atoms with Gasteiger partial charge in [0, 0.05) is 22.8 Å². The third-order valence-corrected chi connectivity index (χ3v) is 3.70. The van der Waals surface area contributed by atoms with Crippen molar-refractivity contribution < 1.29 is 4.79 Å². The summed E-state index contributed by atoms with van der Waals surface area (Å²) >= 11 is 7.40. The first-order valence-electron chi connectivity index (χ1n) is 5.95. The molecule has 17 heavy (non-hydrogen) atoms. The van der Waals surface area contributed by atoms with Crippen molar-refractivity contribution in [3.05, 3.63) is 29.8 Å². The van der Waals surface area contributed by atoms with Gasteiger partial charge in [0.15, 0.2) is 5.78 Å². The number of ketones is 1. The summed E-state index contributed by atoms with van der Waals surface area (Å²) in [6, 6.07) is 7.83. The number of rotatable bonds is 7. The second-order valence-electron chi connectivity index (χ2n) is 4.42. The summed E-state index contributed by atoms with van der Waals surface area (Å²) in [7, 11) is 0. The summed E-state index contributed by atoms with van der Waals surface area (Å²) in [6.07, 6.45) is 1.64. The fraction of sp³-hybridized carbons (Fsp3) is 0.500. The maximum atomic E-state index is 11.6. The largest absolute Gasteiger partial charge is 0.294 e. The first-order chi connectivity index (χ1) is 8.13. The SMILES string of the molecule is CC(C)CCSc1ccc(C(=O)CCCl)cc1. The Hall–Kier alpha value is -0.470. The van der Waals surface area contributed by atoms with Gasteiger partial charge in [-0.25, -0.2) is 0 Å². The standard InChI is InChI=1S/C14H19ClOS/c1-11(2)8-10-17-13-5-3-12(4-6-13)14(16)7-9-15/h3-6,11H,7-10H2,1-2H3. The number of halogens is 1. The fourth-order valence-electron chi connectivity index (χ4n) is 1.38. The highest BCUT2D eigenvalue weighted by molar-refractivity contribution is 7.99. The number of hydrogen-bond acceptors (Lipinski definition) is 2. The Morgan fingerprint density at radius 1 is 1.29 bits per heavy atom. The number of thioether (sulfide) groups is 1. The van der Waals surface area contributed by atoms with Gasteiger partial charge in [-0.1, -0.05) is 26.0 Å². The van der Waals surface area contributed by atoms with Crippen LogP contribution in [-0.2, 0) is 0 Å². The third kappa shape index (κ3) is 5.60. The van der Waals surface area contributed by atoms with Gasteiger partial charge in [-0.15, -0.1) is 23.4 Å². The molecular weight excluding hydrogens is 252 g/mol. The van der Waals surface area contributed by atoms with Crippen LogP contribution in [0.3, 0.4) is 0 Å². The van der Waals surface area contributed by atoms with Crippen LogP contribution in [-0.4, -0.2) is 17.4 Å². The molecule has 0 radical (unpaired) electrons. The van der Waals surface area contributed by atoms with E-state index >= 15 is 0 Å². The highest BCUT2D eigenvalue weighted by Gasteiger charge is 2.04. The summed E-state index contributed by atoms with van der Waals surface area (Å²) in [6.45, 7) is 4.46. The molecule has 0 N–H and O–H groups in total. The van der Waals surface area contributed by atoms with Crippen molar-refractivity contribution >= 4 is 29.1 Å². The minimum Gasteiger partial charge on any atom is -0.294 e. The van der Waals surface area contributed by atoms with Crippen LogP contribution in [0.4, 0.5) is 0 Å². The van der Waals surface area contributed by atoms with Gasteiger partial charge in [0.1, 0.15) is 0 Å². The van der Waals surface area contributed by atoms with E-state index < -0.39 is 0 Å². The third-order valence-electron chi connectivity index (χ3n) is 2.46. The van der Waals surface area contributed by atoms with E-state index in [1.807, 2.05) is 36.0 Å². The van der Waals surface area contributed by atoms with Crippen molar-refractivity contribution in [2.24, 2.45) is 5.92 Å². The van der Waals surface area contributed by atoms with Crippen molar-refractivity contribution in [3.63, 3.8) is 0 Å². The summed E-state index contributed by atoms with van der Waals surface area (Å²) in [5, 5.41) is 0. The Balaban J connectivity index is 2.47. The molecule has 0 fully saturated rings. The van der Waals surface area contributed by atoms with Crippen LogP contribution >= 0.6 is 23.4 Å². The predicted molar refractivity (Wildman–Crippen MR) is 76.3 cm³/mol. The Labute approximate surface area is 113 Å². The lowest BCUT2D eigenvalue weighted by Gasteiger charge is -2.05. The van der Waals surface area contributed by atoms with E-state index in [0.29, 0.717) is 12.3 Å². The van der Waals surface area contributed by atoms with Crippen LogP contribution in [0, 0.1) is 5.92 Å². The molecule has 0 spiro atoms. The van der Waals surface area contributed by atoms with Crippen LogP contribution in [0.1, 0.15) is 37.0 Å². The smallest absolute Gasteiger partial charge is 0.164 e. The average Bonchev–Trinajstić information content (AvgIpc) is 2.30. The number of carbonyl (C=O) groups excluding carboxylic acids is 1. The molecule has 0 bridgehead atoms. The molecular formula is C14H19ClOS. The highest BCUT2D eigenvalue weighted by Crippen LogP contribution is 2.21. The Kier molecular flexibility index (Phi) is 6.68. The molecule has 0 amide bonds. The molecule has 1 nitrogen and oxygen atoms in total. The second-order valence-corrected chi connectivity index (χ2v) is 5.96. The second kappa shape index (κ2) is 7.78. The minimum atomic E-state index is 0.124. The molecule has 1 rings (SSSR count). The lowest BCUT2D eigenvalue weighted by atomic mass is 10.1. The number of Topliss-reactive ketones (excluding diaryl/α,β-unsaturated/α-hetero) is 1. The number of alkyl halides is 1. The van der Waals surface area contributed by atoms with Crippen LogP contribution in [0.5, 0.6) is 0 Å². The lowest BCUT2D eigenvalue weighted by molar-refractivity contribution is 0.0989. The summed E-state index contributed by atoms with van der Waals surface area (Å²) in [4.78, 5) is 12.8. The Morgan fingerprint density at radius 2 is 1.94 bits per heavy atom. The normalized spacial score (nSPS) is 10.8.